The van der Waals surface area contributed by atoms with Gasteiger partial charge in [0.25, 0.3) is 0 Å². The van der Waals surface area contributed by atoms with Crippen molar-refractivity contribution < 1.29 is 64.7 Å². The van der Waals surface area contributed by atoms with Crippen LogP contribution in [0.4, 0.5) is 35.1 Å². The summed E-state index contributed by atoms with van der Waals surface area (Å²) in [6.45, 7) is 3.86. The molecule has 6 aromatic rings. The van der Waals surface area contributed by atoms with Crippen molar-refractivity contribution in [3.05, 3.63) is 126 Å². The molecule has 0 N–H and O–H groups in total. The van der Waals surface area contributed by atoms with E-state index in [0.29, 0.717) is 33.3 Å². The fourth-order valence-corrected chi connectivity index (χ4v) is 11.5. The summed E-state index contributed by atoms with van der Waals surface area (Å²) < 4.78 is 123. The molecular weight excluding hydrogens is 852 g/mol. The molecule has 0 bridgehead atoms. The fourth-order valence-electron chi connectivity index (χ4n) is 4.74. The minimum atomic E-state index is -1.60. The topological polar surface area (TPSA) is 0 Å². The number of thiophene rings is 2. The zero-order chi connectivity index (χ0) is 36.6. The number of halogens is 8. The molecular formula is C35H19F8NaS8. The van der Waals surface area contributed by atoms with Crippen LogP contribution in [0.25, 0.3) is 30.6 Å². The van der Waals surface area contributed by atoms with E-state index in [2.05, 4.69) is 6.92 Å². The first-order chi connectivity index (χ1) is 24.4. The van der Waals surface area contributed by atoms with Crippen molar-refractivity contribution in [1.29, 1.82) is 0 Å². The molecule has 0 atom stereocenters. The average Bonchev–Trinajstić information content (AvgIpc) is 3.75. The van der Waals surface area contributed by atoms with E-state index in [4.69, 9.17) is 0 Å². The van der Waals surface area contributed by atoms with E-state index in [1.807, 2.05) is 12.5 Å². The largest absolute Gasteiger partial charge is 1.00 e. The summed E-state index contributed by atoms with van der Waals surface area (Å²) in [6.07, 6.45) is 3.77. The number of benzene rings is 4. The summed E-state index contributed by atoms with van der Waals surface area (Å²) in [5, 5.41) is 0. The third-order valence-corrected chi connectivity index (χ3v) is 15.1. The second-order valence-electron chi connectivity index (χ2n) is 10.2. The molecule has 0 spiro atoms. The van der Waals surface area contributed by atoms with Crippen molar-refractivity contribution in [2.45, 2.75) is 29.4 Å². The molecule has 6 rings (SSSR count). The van der Waals surface area contributed by atoms with Gasteiger partial charge in [-0.25, -0.2) is 46.5 Å². The van der Waals surface area contributed by atoms with Crippen LogP contribution in [0.2, 0.25) is 0 Å². The zero-order valence-electron chi connectivity index (χ0n) is 26.8. The summed E-state index contributed by atoms with van der Waals surface area (Å²) in [5.74, 6) is -12.7. The van der Waals surface area contributed by atoms with E-state index in [0.717, 1.165) is 32.5 Å². The Kier molecular flexibility index (Phi) is 14.6. The molecule has 0 amide bonds. The second kappa shape index (κ2) is 18.1. The van der Waals surface area contributed by atoms with Crippen LogP contribution in [0.3, 0.4) is 0 Å². The third-order valence-electron chi connectivity index (χ3n) is 7.02. The van der Waals surface area contributed by atoms with E-state index < -0.39 is 67.5 Å². The van der Waals surface area contributed by atoms with Gasteiger partial charge in [0.2, 0.25) is 0 Å². The predicted molar refractivity (Wildman–Crippen MR) is 203 cm³/mol. The molecule has 0 fully saturated rings. The maximum absolute atomic E-state index is 15.4. The Balaban J connectivity index is 0.00000523. The van der Waals surface area contributed by atoms with Crippen LogP contribution in [0, 0.1) is 53.5 Å². The second-order valence-corrected chi connectivity index (χ2v) is 19.4. The standard InChI is InChI=1S/C35H19F8S8.Na/c1-15-14-22(24-27(38)31(42)35(32(43)28(24)39)47-17-6-10-19(11-7-17)51-45-3)49-33(15)21-13-12-20(48-21)23-25(36)29(40)34(30(41)26(23)37)46-16-4-8-18(9-5-16)50-44-2;/h4-14H,1H2,2-3H3;/q-1;+1. The van der Waals surface area contributed by atoms with Crippen molar-refractivity contribution in [3.8, 4) is 30.6 Å². The van der Waals surface area contributed by atoms with Crippen LogP contribution in [0.1, 0.15) is 5.56 Å². The third kappa shape index (κ3) is 8.57. The monoisotopic (exact) mass is 870 g/mol. The van der Waals surface area contributed by atoms with Crippen LogP contribution in [-0.2, 0) is 0 Å². The van der Waals surface area contributed by atoms with Crippen LogP contribution >= 0.6 is 89.4 Å². The van der Waals surface area contributed by atoms with Crippen LogP contribution < -0.4 is 29.6 Å². The summed E-state index contributed by atoms with van der Waals surface area (Å²) in [5.41, 5.74) is -1.67. The van der Waals surface area contributed by atoms with Crippen molar-refractivity contribution in [3.63, 3.8) is 0 Å². The molecule has 0 saturated carbocycles. The molecule has 2 heterocycles. The van der Waals surface area contributed by atoms with Gasteiger partial charge in [0.05, 0.1) is 20.9 Å². The van der Waals surface area contributed by atoms with Crippen LogP contribution in [0.15, 0.2) is 96.1 Å². The van der Waals surface area contributed by atoms with Crippen molar-refractivity contribution >= 4 is 89.4 Å². The summed E-state index contributed by atoms with van der Waals surface area (Å²) >= 11 is 2.58. The van der Waals surface area contributed by atoms with E-state index in [9.17, 15) is 0 Å². The summed E-state index contributed by atoms with van der Waals surface area (Å²) in [6, 6.07) is 17.1. The smallest absolute Gasteiger partial charge is 0.216 e. The Morgan fingerprint density at radius 2 is 0.827 bits per heavy atom. The molecule has 0 radical (unpaired) electrons. The molecule has 0 aliphatic carbocycles. The number of hydrogen-bond acceptors (Lipinski definition) is 8. The van der Waals surface area contributed by atoms with Crippen molar-refractivity contribution in [2.75, 3.05) is 12.5 Å². The van der Waals surface area contributed by atoms with Gasteiger partial charge in [-0.15, -0.1) is 17.4 Å². The van der Waals surface area contributed by atoms with Crippen molar-refractivity contribution in [1.82, 2.24) is 0 Å². The number of hydrogen-bond donors (Lipinski definition) is 0. The first-order valence-electron chi connectivity index (χ1n) is 14.2. The van der Waals surface area contributed by atoms with Gasteiger partial charge in [-0.1, -0.05) is 77.6 Å². The molecule has 264 valence electrons. The quantitative estimate of drug-likeness (QED) is 0.0415. The molecule has 0 unspecified atom stereocenters. The van der Waals surface area contributed by atoms with Gasteiger partial charge in [-0.3, -0.25) is 0 Å². The van der Waals surface area contributed by atoms with Gasteiger partial charge >= 0.3 is 29.6 Å². The maximum Gasteiger partial charge on any atom is 1.00 e. The van der Waals surface area contributed by atoms with Crippen LogP contribution in [-0.4, -0.2) is 12.5 Å². The first kappa shape index (κ1) is 41.8. The Bertz CT molecular complexity index is 2180. The normalized spacial score (nSPS) is 11.3. The minimum absolute atomic E-state index is 0. The SMILES string of the molecule is [CH2-]c1cc(-c2c(F)c(F)c(Sc3ccc(SSC)cc3)c(F)c2F)sc1-c1ccc(-c2c(F)c(F)c(Sc3ccc(SSC)cc3)c(F)c2F)s1.[Na+]. The Morgan fingerprint density at radius 3 is 1.23 bits per heavy atom. The Morgan fingerprint density at radius 1 is 0.462 bits per heavy atom. The summed E-state index contributed by atoms with van der Waals surface area (Å²) in [7, 11) is 5.97. The Hall–Kier alpha value is -1.31. The zero-order valence-corrected chi connectivity index (χ0v) is 35.4. The van der Waals surface area contributed by atoms with Gasteiger partial charge in [-0.05, 0) is 76.9 Å². The molecule has 52 heavy (non-hydrogen) atoms. The molecule has 2 aromatic heterocycles. The Labute approximate surface area is 348 Å². The van der Waals surface area contributed by atoms with Gasteiger partial charge in [-0.2, -0.15) is 12.5 Å². The van der Waals surface area contributed by atoms with E-state index in [-0.39, 0.29) is 54.6 Å². The number of rotatable bonds is 11. The maximum atomic E-state index is 15.4. The average molecular weight is 871 g/mol. The van der Waals surface area contributed by atoms with Gasteiger partial charge in [0.15, 0.2) is 46.5 Å². The van der Waals surface area contributed by atoms with E-state index >= 15 is 35.1 Å². The molecule has 4 aromatic carbocycles. The van der Waals surface area contributed by atoms with Gasteiger partial charge in [0.1, 0.15) is 0 Å². The fraction of sp³-hybridized carbons (Fsp3) is 0.0571. The molecule has 17 heteroatoms. The summed E-state index contributed by atoms with van der Waals surface area (Å²) in [4.78, 5) is 1.03. The van der Waals surface area contributed by atoms with Gasteiger partial charge in [0, 0.05) is 24.5 Å². The van der Waals surface area contributed by atoms with E-state index in [1.54, 1.807) is 48.5 Å². The predicted octanol–water partition coefficient (Wildman–Crippen LogP) is 12.2. The van der Waals surface area contributed by atoms with Crippen LogP contribution in [0.5, 0.6) is 0 Å². The first-order valence-corrected chi connectivity index (χ1v) is 22.6. The molecule has 0 nitrogen and oxygen atoms in total. The minimum Gasteiger partial charge on any atom is -0.216 e. The van der Waals surface area contributed by atoms with Gasteiger partial charge < -0.3 is 0 Å². The van der Waals surface area contributed by atoms with E-state index in [1.165, 1.54) is 61.4 Å². The molecule has 0 aliphatic rings. The molecule has 0 aliphatic heterocycles. The molecule has 0 saturated heterocycles. The van der Waals surface area contributed by atoms with Crippen molar-refractivity contribution in [2.24, 2.45) is 0 Å².